The number of carboxylic acids is 1. The molecule has 64 heavy (non-hydrogen) atoms. The first-order chi connectivity index (χ1) is 30.5. The number of carbonyl (C=O) groups excluding carboxylic acids is 4. The fourth-order valence-electron chi connectivity index (χ4n) is 8.45. The number of carboxylic acid groups (broad SMARTS) is 1. The zero-order chi connectivity index (χ0) is 45.8. The first kappa shape index (κ1) is 46.6. The van der Waals surface area contributed by atoms with E-state index in [1.54, 1.807) is 50.8 Å². The van der Waals surface area contributed by atoms with E-state index in [9.17, 15) is 33.6 Å². The smallest absolute Gasteiger partial charge is 0.408 e. The number of amides is 4. The number of anilines is 1. The molecule has 1 saturated heterocycles. The van der Waals surface area contributed by atoms with Gasteiger partial charge in [-0.1, -0.05) is 12.2 Å². The first-order valence-corrected chi connectivity index (χ1v) is 25.5. The lowest BCUT2D eigenvalue weighted by molar-refractivity contribution is -0.145. The molecule has 2 saturated carbocycles. The molecule has 1 aromatic carbocycles. The molecule has 7 rings (SSSR count). The summed E-state index contributed by atoms with van der Waals surface area (Å²) >= 11 is 1.44. The van der Waals surface area contributed by atoms with Gasteiger partial charge in [0.05, 0.1) is 31.2 Å². The molecule has 6 atom stereocenters. The van der Waals surface area contributed by atoms with Crippen molar-refractivity contribution in [2.45, 2.75) is 120 Å². The Hall–Kier alpha value is -5.42. The zero-order valence-corrected chi connectivity index (χ0v) is 38.5. The van der Waals surface area contributed by atoms with E-state index in [1.807, 2.05) is 25.3 Å². The number of allylic oxidation sites excluding steroid dienone is 1. The minimum atomic E-state index is -2.61. The van der Waals surface area contributed by atoms with Gasteiger partial charge in [0, 0.05) is 41.3 Å². The lowest BCUT2D eigenvalue weighted by atomic mass is 10.0. The average Bonchev–Trinajstić information content (AvgIpc) is 3.66. The molecule has 2 aromatic heterocycles. The molecular weight excluding hydrogens is 866 g/mol. The molecule has 18 nitrogen and oxygen atoms in total. The Kier molecular flexibility index (Phi) is 14.4. The van der Waals surface area contributed by atoms with Crippen molar-refractivity contribution in [2.24, 2.45) is 5.92 Å². The van der Waals surface area contributed by atoms with Crippen LogP contribution in [0, 0.1) is 5.92 Å². The highest BCUT2D eigenvalue weighted by Gasteiger charge is 2.61. The lowest BCUT2D eigenvalue weighted by Gasteiger charge is -2.30. The summed E-state index contributed by atoms with van der Waals surface area (Å²) in [6.07, 6.45) is 4.24. The summed E-state index contributed by atoms with van der Waals surface area (Å²) in [7, 11) is -1.05. The van der Waals surface area contributed by atoms with E-state index in [0.29, 0.717) is 59.5 Å². The van der Waals surface area contributed by atoms with Crippen LogP contribution in [0.15, 0.2) is 41.8 Å². The number of carbonyl (C=O) groups is 5. The number of rotatable bonds is 12. The fraction of sp³-hybridized carbons (Fsp3) is 0.568. The van der Waals surface area contributed by atoms with Gasteiger partial charge < -0.3 is 54.8 Å². The summed E-state index contributed by atoms with van der Waals surface area (Å²) in [5.74, 6) is -2.02. The lowest BCUT2D eigenvalue weighted by Crippen LogP contribution is -2.56. The molecule has 4 heterocycles. The molecule has 0 spiro atoms. The van der Waals surface area contributed by atoms with E-state index < -0.39 is 72.9 Å². The Morgan fingerprint density at radius 1 is 1.00 bits per heavy atom. The minimum absolute atomic E-state index is 0.000157. The van der Waals surface area contributed by atoms with Crippen LogP contribution in [0.4, 0.5) is 14.7 Å². The summed E-state index contributed by atoms with van der Waals surface area (Å²) in [6, 6.07) is 4.87. The number of nitrogens with one attached hydrogen (secondary N) is 4. The van der Waals surface area contributed by atoms with Gasteiger partial charge in [-0.25, -0.2) is 24.4 Å². The number of fused-ring (bicyclic) bond motifs is 3. The van der Waals surface area contributed by atoms with Crippen molar-refractivity contribution in [3.63, 3.8) is 0 Å². The van der Waals surface area contributed by atoms with Crippen LogP contribution in [0.3, 0.4) is 0 Å². The number of hydrogen-bond acceptors (Lipinski definition) is 14. The molecule has 346 valence electrons. The van der Waals surface area contributed by atoms with Crippen LogP contribution in [0.2, 0.25) is 0 Å². The van der Waals surface area contributed by atoms with Crippen LogP contribution >= 0.6 is 18.5 Å². The Balaban J connectivity index is 1.21. The highest BCUT2D eigenvalue weighted by atomic mass is 32.1. The first-order valence-electron chi connectivity index (χ1n) is 21.9. The third kappa shape index (κ3) is 11.4. The monoisotopic (exact) mass is 923 g/mol. The molecule has 4 amide bonds. The van der Waals surface area contributed by atoms with Crippen LogP contribution in [0.1, 0.15) is 78.1 Å². The minimum Gasteiger partial charge on any atom is -0.497 e. The van der Waals surface area contributed by atoms with Crippen molar-refractivity contribution in [3.8, 4) is 22.9 Å². The second-order valence-electron chi connectivity index (χ2n) is 17.8. The molecule has 3 aromatic rings. The fourth-order valence-corrected chi connectivity index (χ4v) is 9.82. The highest BCUT2D eigenvalue weighted by Crippen LogP contribution is 2.46. The summed E-state index contributed by atoms with van der Waals surface area (Å²) < 4.78 is 36.1. The number of ether oxygens (including phenoxy) is 4. The second-order valence-corrected chi connectivity index (χ2v) is 22.1. The van der Waals surface area contributed by atoms with Gasteiger partial charge >= 0.3 is 18.2 Å². The number of methoxy groups -OCH3 is 1. The van der Waals surface area contributed by atoms with Crippen molar-refractivity contribution in [1.82, 2.24) is 30.8 Å². The molecule has 20 heteroatoms. The van der Waals surface area contributed by atoms with Crippen molar-refractivity contribution in [3.05, 3.63) is 41.8 Å². The number of hydrogen-bond donors (Lipinski definition) is 5. The number of alkyl carbamates (subject to hydrolysis) is 2. The van der Waals surface area contributed by atoms with Gasteiger partial charge in [-0.2, -0.15) is 0 Å². The van der Waals surface area contributed by atoms with Crippen LogP contribution in [-0.2, 0) is 28.4 Å². The molecule has 3 fully saturated rings. The summed E-state index contributed by atoms with van der Waals surface area (Å²) in [5.41, 5.74) is 0.0955. The van der Waals surface area contributed by atoms with Gasteiger partial charge in [0.15, 0.2) is 5.13 Å². The Morgan fingerprint density at radius 2 is 1.75 bits per heavy atom. The van der Waals surface area contributed by atoms with Crippen LogP contribution in [0.25, 0.3) is 22.3 Å². The third-order valence-corrected chi connectivity index (χ3v) is 13.6. The summed E-state index contributed by atoms with van der Waals surface area (Å²) in [6.45, 7) is 7.03. The van der Waals surface area contributed by atoms with Gasteiger partial charge in [-0.15, -0.1) is 11.3 Å². The van der Waals surface area contributed by atoms with Crippen molar-refractivity contribution in [2.75, 3.05) is 38.6 Å². The number of aliphatic carboxylic acids is 1. The molecular formula is C44H58N7O11PS. The van der Waals surface area contributed by atoms with Gasteiger partial charge in [-0.3, -0.25) is 9.59 Å². The maximum Gasteiger partial charge on any atom is 0.408 e. The van der Waals surface area contributed by atoms with Crippen molar-refractivity contribution < 1.29 is 52.6 Å². The molecule has 0 radical (unpaired) electrons. The Morgan fingerprint density at radius 3 is 2.47 bits per heavy atom. The van der Waals surface area contributed by atoms with E-state index >= 15 is 0 Å². The standard InChI is InChI=1S/C44H58N7O11PS/c1-25(2)46-41-48-35(23-64-41)34-20-37(31-16-14-29(59-3)18-33(31)47-34)60-30-19-36-38(52)50-44(40(54)55)21-26(44)10-6-7-13-28(61-42(56)45-24-63(4,5)58)15-17-32(39(53)51(36)22-30)49-43(57)62-27-11-8-9-12-27/h6,10,14,16,18,20,23,25-28,30,32,36H,7-9,11-13,15,17,19,21-22,24H2,1-5H3,(H,45,56)(H,46,48)(H,49,57)(H,50,52)(H,54,55)/b10-6-/t26-,28?,30+,32-,36-,44+/m0/s1. The summed E-state index contributed by atoms with van der Waals surface area (Å²) in [5, 5.41) is 25.1. The predicted octanol–water partition coefficient (Wildman–Crippen LogP) is 6.34. The van der Waals surface area contributed by atoms with E-state index in [4.69, 9.17) is 28.9 Å². The second kappa shape index (κ2) is 19.8. The number of nitrogens with zero attached hydrogens (tertiary/aromatic N) is 3. The normalized spacial score (nSPS) is 25.8. The quantitative estimate of drug-likeness (QED) is 0.0986. The van der Waals surface area contributed by atoms with Crippen LogP contribution < -0.4 is 30.7 Å². The van der Waals surface area contributed by atoms with E-state index in [-0.39, 0.29) is 50.7 Å². The SMILES string of the molecule is COc1ccc2c(O[C@@H]3C[C@H]4C(=O)N[C@]5(C(=O)O)C[C@@H]5/C=C\CCC(OC(=O)NCP(C)(C)=O)CC[C@H](NC(=O)OC5CCCC5)C(=O)N4C3)cc(-c3csc(NC(C)C)n3)nc2c1. The van der Waals surface area contributed by atoms with E-state index in [1.165, 1.54) is 16.2 Å². The Bertz CT molecular complexity index is 2310. The maximum atomic E-state index is 14.9. The van der Waals surface area contributed by atoms with Crippen LogP contribution in [-0.4, -0.2) is 125 Å². The number of thiazole rings is 1. The molecule has 2 aliphatic heterocycles. The van der Waals surface area contributed by atoms with Gasteiger partial charge in [-0.05, 0) is 97.1 Å². The average molecular weight is 924 g/mol. The topological polar surface area (TPSA) is 237 Å². The van der Waals surface area contributed by atoms with E-state index in [0.717, 1.165) is 18.0 Å². The highest BCUT2D eigenvalue weighted by molar-refractivity contribution is 7.62. The molecule has 2 aliphatic carbocycles. The Labute approximate surface area is 376 Å². The van der Waals surface area contributed by atoms with Gasteiger partial charge in [0.2, 0.25) is 11.8 Å². The predicted molar refractivity (Wildman–Crippen MR) is 240 cm³/mol. The molecule has 1 unspecified atom stereocenters. The zero-order valence-electron chi connectivity index (χ0n) is 36.8. The van der Waals surface area contributed by atoms with Crippen molar-refractivity contribution >= 4 is 64.5 Å². The van der Waals surface area contributed by atoms with Gasteiger partial charge in [0.1, 0.15) is 60.3 Å². The molecule has 4 aliphatic rings. The summed E-state index contributed by atoms with van der Waals surface area (Å²) in [4.78, 5) is 79.5. The van der Waals surface area contributed by atoms with Crippen LogP contribution in [0.5, 0.6) is 11.5 Å². The number of benzene rings is 1. The van der Waals surface area contributed by atoms with Gasteiger partial charge in [0.25, 0.3) is 0 Å². The van der Waals surface area contributed by atoms with E-state index in [2.05, 4.69) is 21.3 Å². The largest absolute Gasteiger partial charge is 0.497 e. The number of aromatic nitrogens is 2. The number of pyridine rings is 1. The molecule has 5 N–H and O–H groups in total. The maximum absolute atomic E-state index is 14.9. The van der Waals surface area contributed by atoms with Crippen molar-refractivity contribution in [1.29, 1.82) is 0 Å². The third-order valence-electron chi connectivity index (χ3n) is 11.9. The molecule has 0 bridgehead atoms.